The maximum absolute atomic E-state index is 12.3. The first kappa shape index (κ1) is 17.1. The topological polar surface area (TPSA) is 101 Å². The minimum atomic E-state index is -0.951. The predicted octanol–water partition coefficient (Wildman–Crippen LogP) is 2.19. The van der Waals surface area contributed by atoms with Crippen LogP contribution in [0.15, 0.2) is 69.1 Å². The van der Waals surface area contributed by atoms with E-state index in [1.807, 2.05) is 13.0 Å². The third-order valence-electron chi connectivity index (χ3n) is 3.56. The summed E-state index contributed by atoms with van der Waals surface area (Å²) >= 11 is 0. The Balaban J connectivity index is 1.66. The average Bonchev–Trinajstić information content (AvgIpc) is 2.63. The number of hydrogen-bond acceptors (Lipinski definition) is 5. The Morgan fingerprint density at radius 3 is 2.69 bits per heavy atom. The number of nitrogens with zero attached hydrogens (tertiary/aromatic N) is 1. The first-order valence-corrected chi connectivity index (χ1v) is 7.76. The molecule has 0 saturated carbocycles. The molecule has 0 aliphatic carbocycles. The molecule has 0 aliphatic rings. The van der Waals surface area contributed by atoms with Gasteiger partial charge in [0.25, 0.3) is 0 Å². The summed E-state index contributed by atoms with van der Waals surface area (Å²) in [4.78, 5) is 35.9. The summed E-state index contributed by atoms with van der Waals surface area (Å²) < 4.78 is 5.34. The molecule has 0 spiro atoms. The van der Waals surface area contributed by atoms with E-state index in [4.69, 9.17) is 4.42 Å². The van der Waals surface area contributed by atoms with Crippen molar-refractivity contribution in [3.05, 3.63) is 76.1 Å². The first-order valence-electron chi connectivity index (χ1n) is 7.76. The molecular weight excluding hydrogens is 334 g/mol. The van der Waals surface area contributed by atoms with Gasteiger partial charge in [-0.05, 0) is 36.8 Å². The molecule has 0 unspecified atom stereocenters. The minimum Gasteiger partial charge on any atom is -0.463 e. The SMILES string of the molecule is Cc1cccc(NC(=O)C(=O)NN=Cc2coc3ccccc3c2=O)c1. The zero-order valence-electron chi connectivity index (χ0n) is 13.9. The molecule has 1 aromatic heterocycles. The molecule has 0 atom stereocenters. The lowest BCUT2D eigenvalue weighted by atomic mass is 10.2. The number of fused-ring (bicyclic) bond motifs is 1. The van der Waals surface area contributed by atoms with Crippen LogP contribution in [-0.4, -0.2) is 18.0 Å². The number of carbonyl (C=O) groups is 2. The second-order valence-electron chi connectivity index (χ2n) is 5.54. The van der Waals surface area contributed by atoms with Crippen molar-refractivity contribution in [2.45, 2.75) is 6.92 Å². The highest BCUT2D eigenvalue weighted by atomic mass is 16.3. The molecule has 0 fully saturated rings. The Hall–Kier alpha value is -3.74. The minimum absolute atomic E-state index is 0.156. The summed E-state index contributed by atoms with van der Waals surface area (Å²) in [5, 5.41) is 6.51. The fraction of sp³-hybridized carbons (Fsp3) is 0.0526. The van der Waals surface area contributed by atoms with Crippen LogP contribution in [0.4, 0.5) is 5.69 Å². The van der Waals surface area contributed by atoms with Crippen molar-refractivity contribution in [3.63, 3.8) is 0 Å². The van der Waals surface area contributed by atoms with Gasteiger partial charge >= 0.3 is 11.8 Å². The van der Waals surface area contributed by atoms with Crippen LogP contribution in [0.1, 0.15) is 11.1 Å². The third-order valence-corrected chi connectivity index (χ3v) is 3.56. The van der Waals surface area contributed by atoms with Gasteiger partial charge in [-0.1, -0.05) is 24.3 Å². The highest BCUT2D eigenvalue weighted by molar-refractivity contribution is 6.39. The number of anilines is 1. The molecular formula is C19H15N3O4. The van der Waals surface area contributed by atoms with Gasteiger partial charge in [0.1, 0.15) is 11.8 Å². The fourth-order valence-electron chi connectivity index (χ4n) is 2.30. The number of carbonyl (C=O) groups excluding carboxylic acids is 2. The average molecular weight is 349 g/mol. The lowest BCUT2D eigenvalue weighted by Crippen LogP contribution is -2.32. The summed E-state index contributed by atoms with van der Waals surface area (Å²) in [5.41, 5.74) is 3.86. The van der Waals surface area contributed by atoms with E-state index in [1.165, 1.54) is 6.26 Å². The molecule has 2 amide bonds. The summed E-state index contributed by atoms with van der Waals surface area (Å²) in [6, 6.07) is 13.8. The molecule has 7 nitrogen and oxygen atoms in total. The molecule has 3 aromatic rings. The normalized spacial score (nSPS) is 10.8. The van der Waals surface area contributed by atoms with Crippen molar-refractivity contribution < 1.29 is 14.0 Å². The maximum atomic E-state index is 12.3. The monoisotopic (exact) mass is 349 g/mol. The van der Waals surface area contributed by atoms with Crippen LogP contribution < -0.4 is 16.2 Å². The quantitative estimate of drug-likeness (QED) is 0.430. The van der Waals surface area contributed by atoms with Crippen molar-refractivity contribution in [1.82, 2.24) is 5.43 Å². The van der Waals surface area contributed by atoms with E-state index in [2.05, 4.69) is 15.8 Å². The Morgan fingerprint density at radius 1 is 1.08 bits per heavy atom. The number of amides is 2. The van der Waals surface area contributed by atoms with Gasteiger partial charge in [0, 0.05) is 5.69 Å². The second-order valence-corrected chi connectivity index (χ2v) is 5.54. The highest BCUT2D eigenvalue weighted by Gasteiger charge is 2.13. The Bertz CT molecular complexity index is 1070. The van der Waals surface area contributed by atoms with E-state index < -0.39 is 11.8 Å². The van der Waals surface area contributed by atoms with Gasteiger partial charge in [0.05, 0.1) is 17.2 Å². The van der Waals surface area contributed by atoms with Crippen LogP contribution in [-0.2, 0) is 9.59 Å². The summed E-state index contributed by atoms with van der Waals surface area (Å²) in [5.74, 6) is -1.81. The predicted molar refractivity (Wildman–Crippen MR) is 98.0 cm³/mol. The maximum Gasteiger partial charge on any atom is 0.329 e. The van der Waals surface area contributed by atoms with Crippen molar-refractivity contribution in [1.29, 1.82) is 0 Å². The lowest BCUT2D eigenvalue weighted by molar-refractivity contribution is -0.136. The molecule has 2 N–H and O–H groups in total. The second kappa shape index (κ2) is 7.43. The fourth-order valence-corrected chi connectivity index (χ4v) is 2.30. The summed E-state index contributed by atoms with van der Waals surface area (Å²) in [6.07, 6.45) is 2.38. The van der Waals surface area contributed by atoms with Crippen LogP contribution in [0, 0.1) is 6.92 Å². The van der Waals surface area contributed by atoms with Crippen LogP contribution >= 0.6 is 0 Å². The number of benzene rings is 2. The van der Waals surface area contributed by atoms with Crippen molar-refractivity contribution in [3.8, 4) is 0 Å². The molecule has 2 aromatic carbocycles. The van der Waals surface area contributed by atoms with Gasteiger partial charge in [-0.2, -0.15) is 5.10 Å². The molecule has 0 saturated heterocycles. The molecule has 1 heterocycles. The van der Waals surface area contributed by atoms with Gasteiger partial charge in [0.15, 0.2) is 0 Å². The van der Waals surface area contributed by atoms with E-state index in [0.717, 1.165) is 11.8 Å². The van der Waals surface area contributed by atoms with Crippen LogP contribution in [0.2, 0.25) is 0 Å². The van der Waals surface area contributed by atoms with Gasteiger partial charge in [-0.15, -0.1) is 0 Å². The smallest absolute Gasteiger partial charge is 0.329 e. The Labute approximate surface area is 148 Å². The number of para-hydroxylation sites is 1. The number of aryl methyl sites for hydroxylation is 1. The van der Waals surface area contributed by atoms with Crippen LogP contribution in [0.3, 0.4) is 0 Å². The Kier molecular flexibility index (Phi) is 4.89. The molecule has 130 valence electrons. The van der Waals surface area contributed by atoms with Gasteiger partial charge < -0.3 is 9.73 Å². The number of rotatable bonds is 3. The van der Waals surface area contributed by atoms with E-state index in [-0.39, 0.29) is 11.0 Å². The van der Waals surface area contributed by atoms with Crippen LogP contribution in [0.25, 0.3) is 11.0 Å². The number of hydrogen-bond donors (Lipinski definition) is 2. The van der Waals surface area contributed by atoms with Crippen LogP contribution in [0.5, 0.6) is 0 Å². The Morgan fingerprint density at radius 2 is 1.88 bits per heavy atom. The van der Waals surface area contributed by atoms with E-state index >= 15 is 0 Å². The van der Waals surface area contributed by atoms with Crippen molar-refractivity contribution in [2.75, 3.05) is 5.32 Å². The number of nitrogens with one attached hydrogen (secondary N) is 2. The largest absolute Gasteiger partial charge is 0.463 e. The molecule has 7 heteroatoms. The van der Waals surface area contributed by atoms with E-state index in [0.29, 0.717) is 16.7 Å². The van der Waals surface area contributed by atoms with Crippen molar-refractivity contribution in [2.24, 2.45) is 5.10 Å². The van der Waals surface area contributed by atoms with Gasteiger partial charge in [-0.3, -0.25) is 14.4 Å². The molecule has 3 rings (SSSR count). The standard InChI is InChI=1S/C19H15N3O4/c1-12-5-4-6-14(9-12)21-18(24)19(25)22-20-10-13-11-26-16-8-3-2-7-15(16)17(13)23/h2-11H,1H3,(H,21,24)(H,22,25). The molecule has 0 radical (unpaired) electrons. The first-order chi connectivity index (χ1) is 12.5. The third kappa shape index (κ3) is 3.84. The van der Waals surface area contributed by atoms with E-state index in [9.17, 15) is 14.4 Å². The molecule has 0 bridgehead atoms. The van der Waals surface area contributed by atoms with Gasteiger partial charge in [0.2, 0.25) is 5.43 Å². The number of hydrazone groups is 1. The van der Waals surface area contributed by atoms with Crippen molar-refractivity contribution >= 4 is 34.7 Å². The summed E-state index contributed by atoms with van der Waals surface area (Å²) in [7, 11) is 0. The molecule has 0 aliphatic heterocycles. The zero-order chi connectivity index (χ0) is 18.5. The summed E-state index contributed by atoms with van der Waals surface area (Å²) in [6.45, 7) is 1.87. The van der Waals surface area contributed by atoms with Gasteiger partial charge in [-0.25, -0.2) is 5.43 Å². The van der Waals surface area contributed by atoms with E-state index in [1.54, 1.807) is 42.5 Å². The lowest BCUT2D eigenvalue weighted by Gasteiger charge is -2.04. The highest BCUT2D eigenvalue weighted by Crippen LogP contribution is 2.10. The zero-order valence-corrected chi connectivity index (χ0v) is 13.9. The molecule has 26 heavy (non-hydrogen) atoms.